The SMILES string of the molecule is C[C@H]1CCC[C@H](C)N1c1ccc(Cl)nn1. The Bertz CT molecular complexity index is 315. The standard InChI is InChI=1S/C11H16ClN3/c1-8-4-3-5-9(2)15(8)11-7-6-10(12)13-14-11/h6-9H,3-5H2,1-2H3/t8-,9-/m0/s1. The number of anilines is 1. The summed E-state index contributed by atoms with van der Waals surface area (Å²) in [5.74, 6) is 0.944. The van der Waals surface area contributed by atoms with E-state index in [0.29, 0.717) is 17.2 Å². The lowest BCUT2D eigenvalue weighted by molar-refractivity contribution is 0.410. The number of nitrogens with zero attached hydrogens (tertiary/aromatic N) is 3. The lowest BCUT2D eigenvalue weighted by atomic mass is 9.98. The maximum atomic E-state index is 5.73. The van der Waals surface area contributed by atoms with Crippen molar-refractivity contribution in [1.29, 1.82) is 0 Å². The van der Waals surface area contributed by atoms with E-state index < -0.39 is 0 Å². The van der Waals surface area contributed by atoms with Crippen molar-refractivity contribution >= 4 is 17.4 Å². The first-order valence-electron chi connectivity index (χ1n) is 5.46. The molecule has 0 saturated carbocycles. The zero-order valence-corrected chi connectivity index (χ0v) is 9.91. The van der Waals surface area contributed by atoms with Crippen LogP contribution in [-0.2, 0) is 0 Å². The van der Waals surface area contributed by atoms with Crippen LogP contribution in [0, 0.1) is 0 Å². The van der Waals surface area contributed by atoms with Crippen molar-refractivity contribution in [2.24, 2.45) is 0 Å². The van der Waals surface area contributed by atoms with E-state index in [1.807, 2.05) is 6.07 Å². The van der Waals surface area contributed by atoms with Crippen molar-refractivity contribution in [2.75, 3.05) is 4.90 Å². The van der Waals surface area contributed by atoms with Gasteiger partial charge in [-0.3, -0.25) is 0 Å². The lowest BCUT2D eigenvalue weighted by Crippen LogP contribution is -2.44. The summed E-state index contributed by atoms with van der Waals surface area (Å²) in [6, 6.07) is 4.85. The van der Waals surface area contributed by atoms with Crippen LogP contribution in [0.3, 0.4) is 0 Å². The van der Waals surface area contributed by atoms with Gasteiger partial charge in [0.05, 0.1) is 0 Å². The van der Waals surface area contributed by atoms with Crippen LogP contribution < -0.4 is 4.90 Å². The molecule has 4 heteroatoms. The summed E-state index contributed by atoms with van der Waals surface area (Å²) in [6.45, 7) is 4.48. The first-order chi connectivity index (χ1) is 7.18. The number of halogens is 1. The van der Waals surface area contributed by atoms with Crippen molar-refractivity contribution in [3.63, 3.8) is 0 Å². The van der Waals surface area contributed by atoms with Gasteiger partial charge in [-0.05, 0) is 45.2 Å². The summed E-state index contributed by atoms with van der Waals surface area (Å²) in [6.07, 6.45) is 3.77. The molecule has 2 atom stereocenters. The van der Waals surface area contributed by atoms with Crippen LogP contribution in [0.25, 0.3) is 0 Å². The second-order valence-corrected chi connectivity index (χ2v) is 4.64. The molecule has 0 aliphatic carbocycles. The quantitative estimate of drug-likeness (QED) is 0.736. The van der Waals surface area contributed by atoms with E-state index in [9.17, 15) is 0 Å². The van der Waals surface area contributed by atoms with Gasteiger partial charge < -0.3 is 4.90 Å². The van der Waals surface area contributed by atoms with E-state index in [2.05, 4.69) is 28.9 Å². The van der Waals surface area contributed by atoms with E-state index >= 15 is 0 Å². The monoisotopic (exact) mass is 225 g/mol. The number of aromatic nitrogens is 2. The van der Waals surface area contributed by atoms with Crippen LogP contribution in [0.15, 0.2) is 12.1 Å². The molecule has 0 radical (unpaired) electrons. The first kappa shape index (κ1) is 10.7. The fourth-order valence-electron chi connectivity index (χ4n) is 2.32. The molecule has 2 rings (SSSR count). The molecule has 0 N–H and O–H groups in total. The largest absolute Gasteiger partial charge is 0.350 e. The Labute approximate surface area is 95.5 Å². The molecule has 3 nitrogen and oxygen atoms in total. The van der Waals surface area contributed by atoms with Gasteiger partial charge in [0.15, 0.2) is 11.0 Å². The molecule has 0 bridgehead atoms. The predicted octanol–water partition coefficient (Wildman–Crippen LogP) is 2.90. The molecule has 1 fully saturated rings. The van der Waals surface area contributed by atoms with Crippen LogP contribution in [-0.4, -0.2) is 22.3 Å². The van der Waals surface area contributed by atoms with Gasteiger partial charge in [0.25, 0.3) is 0 Å². The van der Waals surface area contributed by atoms with E-state index in [1.54, 1.807) is 6.07 Å². The van der Waals surface area contributed by atoms with Crippen molar-refractivity contribution < 1.29 is 0 Å². The summed E-state index contributed by atoms with van der Waals surface area (Å²) < 4.78 is 0. The van der Waals surface area contributed by atoms with Crippen molar-refractivity contribution in [1.82, 2.24) is 10.2 Å². The van der Waals surface area contributed by atoms with Crippen molar-refractivity contribution in [2.45, 2.75) is 45.2 Å². The van der Waals surface area contributed by atoms with Gasteiger partial charge >= 0.3 is 0 Å². The molecule has 1 aromatic heterocycles. The minimum Gasteiger partial charge on any atom is -0.350 e. The normalized spacial score (nSPS) is 26.7. The molecule has 2 heterocycles. The highest BCUT2D eigenvalue weighted by atomic mass is 35.5. The summed E-state index contributed by atoms with van der Waals surface area (Å²) in [7, 11) is 0. The third-order valence-corrected chi connectivity index (χ3v) is 3.28. The maximum Gasteiger partial charge on any atom is 0.151 e. The Kier molecular flexibility index (Phi) is 3.10. The third kappa shape index (κ3) is 2.23. The predicted molar refractivity (Wildman–Crippen MR) is 62.3 cm³/mol. The second-order valence-electron chi connectivity index (χ2n) is 4.25. The van der Waals surface area contributed by atoms with E-state index in [-0.39, 0.29) is 0 Å². The van der Waals surface area contributed by atoms with E-state index in [1.165, 1.54) is 19.3 Å². The molecule has 0 spiro atoms. The van der Waals surface area contributed by atoms with Crippen LogP contribution in [0.2, 0.25) is 5.15 Å². The van der Waals surface area contributed by atoms with Crippen LogP contribution >= 0.6 is 11.6 Å². The number of hydrogen-bond acceptors (Lipinski definition) is 3. The molecule has 1 saturated heterocycles. The molecule has 1 aliphatic heterocycles. The molecule has 0 amide bonds. The van der Waals surface area contributed by atoms with Gasteiger partial charge in [-0.25, -0.2) is 0 Å². The zero-order valence-electron chi connectivity index (χ0n) is 9.15. The number of piperidine rings is 1. The maximum absolute atomic E-state index is 5.73. The molecule has 0 unspecified atom stereocenters. The molecular formula is C11H16ClN3. The molecular weight excluding hydrogens is 210 g/mol. The average Bonchev–Trinajstić information content (AvgIpc) is 2.20. The van der Waals surface area contributed by atoms with Crippen LogP contribution in [0.1, 0.15) is 33.1 Å². The summed E-state index contributed by atoms with van der Waals surface area (Å²) >= 11 is 5.73. The van der Waals surface area contributed by atoms with E-state index in [0.717, 1.165) is 5.82 Å². The smallest absolute Gasteiger partial charge is 0.151 e. The number of rotatable bonds is 1. The minimum atomic E-state index is 0.455. The highest BCUT2D eigenvalue weighted by Crippen LogP contribution is 2.27. The summed E-state index contributed by atoms with van der Waals surface area (Å²) in [5, 5.41) is 8.50. The Balaban J connectivity index is 2.23. The van der Waals surface area contributed by atoms with E-state index in [4.69, 9.17) is 11.6 Å². The first-order valence-corrected chi connectivity index (χ1v) is 5.84. The Morgan fingerprint density at radius 3 is 2.40 bits per heavy atom. The van der Waals surface area contributed by atoms with Gasteiger partial charge in [-0.15, -0.1) is 10.2 Å². The van der Waals surface area contributed by atoms with Crippen molar-refractivity contribution in [3.05, 3.63) is 17.3 Å². The van der Waals surface area contributed by atoms with Crippen LogP contribution in [0.4, 0.5) is 5.82 Å². The topological polar surface area (TPSA) is 29.0 Å². The molecule has 0 aromatic carbocycles. The molecule has 15 heavy (non-hydrogen) atoms. The van der Waals surface area contributed by atoms with Gasteiger partial charge in [-0.2, -0.15) is 0 Å². The third-order valence-electron chi connectivity index (χ3n) is 3.08. The highest BCUT2D eigenvalue weighted by Gasteiger charge is 2.25. The van der Waals surface area contributed by atoms with Gasteiger partial charge in [0.1, 0.15) is 0 Å². The Morgan fingerprint density at radius 2 is 1.87 bits per heavy atom. The summed E-state index contributed by atoms with van der Waals surface area (Å²) in [5.41, 5.74) is 0. The van der Waals surface area contributed by atoms with Crippen LogP contribution in [0.5, 0.6) is 0 Å². The highest BCUT2D eigenvalue weighted by molar-refractivity contribution is 6.29. The van der Waals surface area contributed by atoms with Gasteiger partial charge in [0, 0.05) is 12.1 Å². The second kappa shape index (κ2) is 4.35. The van der Waals surface area contributed by atoms with Gasteiger partial charge in [-0.1, -0.05) is 11.6 Å². The Hall–Kier alpha value is -0.830. The minimum absolute atomic E-state index is 0.455. The number of hydrogen-bond donors (Lipinski definition) is 0. The van der Waals surface area contributed by atoms with Gasteiger partial charge in [0.2, 0.25) is 0 Å². The summed E-state index contributed by atoms with van der Waals surface area (Å²) in [4.78, 5) is 2.34. The fraction of sp³-hybridized carbons (Fsp3) is 0.636. The lowest BCUT2D eigenvalue weighted by Gasteiger charge is -2.39. The fourth-order valence-corrected chi connectivity index (χ4v) is 2.42. The molecule has 1 aromatic rings. The van der Waals surface area contributed by atoms with Crippen molar-refractivity contribution in [3.8, 4) is 0 Å². The molecule has 82 valence electrons. The molecule has 1 aliphatic rings. The average molecular weight is 226 g/mol. The Morgan fingerprint density at radius 1 is 1.20 bits per heavy atom. The zero-order chi connectivity index (χ0) is 10.8.